The maximum Gasteiger partial charge on any atom is 0.252 e. The molecule has 0 aliphatic rings. The van der Waals surface area contributed by atoms with Gasteiger partial charge in [-0.1, -0.05) is 6.07 Å². The Kier molecular flexibility index (Phi) is 4.33. The first-order chi connectivity index (χ1) is 11.2. The number of hydrogen-bond donors (Lipinski definition) is 2. The van der Waals surface area contributed by atoms with E-state index in [2.05, 4.69) is 20.3 Å². The SMILES string of the molecule is COc1ccc(-c2cc(=O)[nH]c(NCc3cccnc3)n2)cc1. The Morgan fingerprint density at radius 1 is 1.22 bits per heavy atom. The van der Waals surface area contributed by atoms with Crippen LogP contribution < -0.4 is 15.6 Å². The van der Waals surface area contributed by atoms with Gasteiger partial charge in [0.1, 0.15) is 5.75 Å². The van der Waals surface area contributed by atoms with Gasteiger partial charge >= 0.3 is 0 Å². The summed E-state index contributed by atoms with van der Waals surface area (Å²) in [6.45, 7) is 0.531. The number of pyridine rings is 1. The fourth-order valence-corrected chi connectivity index (χ4v) is 2.14. The molecule has 0 atom stereocenters. The lowest BCUT2D eigenvalue weighted by atomic mass is 10.1. The third kappa shape index (κ3) is 3.74. The van der Waals surface area contributed by atoms with Gasteiger partial charge in [-0.05, 0) is 35.9 Å². The number of aromatic amines is 1. The van der Waals surface area contributed by atoms with E-state index in [1.807, 2.05) is 36.4 Å². The molecule has 3 aromatic rings. The topological polar surface area (TPSA) is 79.9 Å². The molecule has 23 heavy (non-hydrogen) atoms. The third-order valence-corrected chi connectivity index (χ3v) is 3.31. The van der Waals surface area contributed by atoms with E-state index in [9.17, 15) is 4.79 Å². The predicted molar refractivity (Wildman–Crippen MR) is 88.4 cm³/mol. The van der Waals surface area contributed by atoms with Crippen LogP contribution >= 0.6 is 0 Å². The molecule has 6 heteroatoms. The minimum Gasteiger partial charge on any atom is -0.497 e. The van der Waals surface area contributed by atoms with Gasteiger partial charge in [0.25, 0.3) is 5.56 Å². The van der Waals surface area contributed by atoms with Crippen molar-refractivity contribution in [1.82, 2.24) is 15.0 Å². The van der Waals surface area contributed by atoms with Crippen LogP contribution in [0.4, 0.5) is 5.95 Å². The second-order valence-corrected chi connectivity index (χ2v) is 4.92. The van der Waals surface area contributed by atoms with Crippen molar-refractivity contribution < 1.29 is 4.74 Å². The van der Waals surface area contributed by atoms with Crippen LogP contribution in [0, 0.1) is 0 Å². The Labute approximate surface area is 133 Å². The molecule has 0 fully saturated rings. The molecule has 1 aromatic carbocycles. The molecule has 2 aromatic heterocycles. The zero-order valence-corrected chi connectivity index (χ0v) is 12.6. The number of H-pyrrole nitrogens is 1. The zero-order chi connectivity index (χ0) is 16.1. The number of anilines is 1. The van der Waals surface area contributed by atoms with Gasteiger partial charge in [0, 0.05) is 30.6 Å². The molecular weight excluding hydrogens is 292 g/mol. The van der Waals surface area contributed by atoms with E-state index in [-0.39, 0.29) is 5.56 Å². The molecule has 2 N–H and O–H groups in total. The Balaban J connectivity index is 1.82. The van der Waals surface area contributed by atoms with Gasteiger partial charge < -0.3 is 10.1 Å². The van der Waals surface area contributed by atoms with E-state index < -0.39 is 0 Å². The number of benzene rings is 1. The van der Waals surface area contributed by atoms with Crippen molar-refractivity contribution in [3.63, 3.8) is 0 Å². The molecule has 0 bridgehead atoms. The van der Waals surface area contributed by atoms with E-state index in [1.54, 1.807) is 19.5 Å². The van der Waals surface area contributed by atoms with Crippen molar-refractivity contribution in [3.8, 4) is 17.0 Å². The molecule has 0 amide bonds. The first kappa shape index (κ1) is 14.8. The Hall–Kier alpha value is -3.15. The van der Waals surface area contributed by atoms with Crippen LogP contribution in [0.25, 0.3) is 11.3 Å². The molecule has 0 aliphatic heterocycles. The van der Waals surface area contributed by atoms with Crippen LogP contribution in [-0.4, -0.2) is 22.1 Å². The predicted octanol–water partition coefficient (Wildman–Crippen LogP) is 2.45. The molecule has 116 valence electrons. The first-order valence-electron chi connectivity index (χ1n) is 7.13. The minimum atomic E-state index is -0.209. The second-order valence-electron chi connectivity index (χ2n) is 4.92. The second kappa shape index (κ2) is 6.74. The summed E-state index contributed by atoms with van der Waals surface area (Å²) in [5, 5.41) is 3.10. The highest BCUT2D eigenvalue weighted by Crippen LogP contribution is 2.20. The average Bonchev–Trinajstić information content (AvgIpc) is 2.60. The molecule has 0 radical (unpaired) electrons. The highest BCUT2D eigenvalue weighted by atomic mass is 16.5. The third-order valence-electron chi connectivity index (χ3n) is 3.31. The normalized spacial score (nSPS) is 10.3. The van der Waals surface area contributed by atoms with Crippen molar-refractivity contribution in [3.05, 3.63) is 70.8 Å². The van der Waals surface area contributed by atoms with E-state index in [0.717, 1.165) is 16.9 Å². The fraction of sp³-hybridized carbons (Fsp3) is 0.118. The van der Waals surface area contributed by atoms with Crippen molar-refractivity contribution in [1.29, 1.82) is 0 Å². The van der Waals surface area contributed by atoms with Crippen molar-refractivity contribution >= 4 is 5.95 Å². The molecule has 2 heterocycles. The number of ether oxygens (including phenoxy) is 1. The maximum absolute atomic E-state index is 11.8. The lowest BCUT2D eigenvalue weighted by molar-refractivity contribution is 0.415. The van der Waals surface area contributed by atoms with E-state index in [0.29, 0.717) is 18.2 Å². The summed E-state index contributed by atoms with van der Waals surface area (Å²) in [6.07, 6.45) is 3.48. The van der Waals surface area contributed by atoms with Gasteiger partial charge in [-0.2, -0.15) is 0 Å². The van der Waals surface area contributed by atoms with Crippen LogP contribution in [0.5, 0.6) is 5.75 Å². The number of aromatic nitrogens is 3. The summed E-state index contributed by atoms with van der Waals surface area (Å²) in [7, 11) is 1.61. The lowest BCUT2D eigenvalue weighted by Gasteiger charge is -2.07. The van der Waals surface area contributed by atoms with Crippen LogP contribution in [-0.2, 0) is 6.54 Å². The highest BCUT2D eigenvalue weighted by molar-refractivity contribution is 5.60. The minimum absolute atomic E-state index is 0.209. The Bertz CT molecular complexity index is 829. The van der Waals surface area contributed by atoms with Gasteiger partial charge in [0.2, 0.25) is 5.95 Å². The van der Waals surface area contributed by atoms with E-state index in [4.69, 9.17) is 4.74 Å². The quantitative estimate of drug-likeness (QED) is 0.757. The van der Waals surface area contributed by atoms with Crippen LogP contribution in [0.2, 0.25) is 0 Å². The lowest BCUT2D eigenvalue weighted by Crippen LogP contribution is -2.12. The highest BCUT2D eigenvalue weighted by Gasteiger charge is 2.04. The summed E-state index contributed by atoms with van der Waals surface area (Å²) < 4.78 is 5.13. The molecule has 3 rings (SSSR count). The number of hydrogen-bond acceptors (Lipinski definition) is 5. The zero-order valence-electron chi connectivity index (χ0n) is 12.6. The molecule has 0 saturated carbocycles. The van der Waals surface area contributed by atoms with Crippen molar-refractivity contribution in [2.45, 2.75) is 6.54 Å². The molecule has 0 unspecified atom stereocenters. The summed E-state index contributed by atoms with van der Waals surface area (Å²) in [5.41, 5.74) is 2.25. The Morgan fingerprint density at radius 2 is 2.04 bits per heavy atom. The maximum atomic E-state index is 11.8. The number of rotatable bonds is 5. The van der Waals surface area contributed by atoms with Crippen LogP contribution in [0.1, 0.15) is 5.56 Å². The summed E-state index contributed by atoms with van der Waals surface area (Å²) in [5.74, 6) is 1.18. The smallest absolute Gasteiger partial charge is 0.252 e. The van der Waals surface area contributed by atoms with Gasteiger partial charge in [-0.25, -0.2) is 4.98 Å². The summed E-state index contributed by atoms with van der Waals surface area (Å²) in [4.78, 5) is 23.0. The standard InChI is InChI=1S/C17H16N4O2/c1-23-14-6-4-13(5-7-14)15-9-16(22)21-17(20-15)19-11-12-3-2-8-18-10-12/h2-10H,11H2,1H3,(H2,19,20,21,22). The summed E-state index contributed by atoms with van der Waals surface area (Å²) >= 11 is 0. The van der Waals surface area contributed by atoms with E-state index >= 15 is 0 Å². The Morgan fingerprint density at radius 3 is 2.74 bits per heavy atom. The van der Waals surface area contributed by atoms with Gasteiger partial charge in [-0.3, -0.25) is 14.8 Å². The molecule has 0 saturated heterocycles. The summed E-state index contributed by atoms with van der Waals surface area (Å²) in [6, 6.07) is 12.7. The van der Waals surface area contributed by atoms with Gasteiger partial charge in [-0.15, -0.1) is 0 Å². The molecular formula is C17H16N4O2. The van der Waals surface area contributed by atoms with Crippen LogP contribution in [0.3, 0.4) is 0 Å². The fourth-order valence-electron chi connectivity index (χ4n) is 2.14. The molecule has 6 nitrogen and oxygen atoms in total. The molecule has 0 aliphatic carbocycles. The monoisotopic (exact) mass is 308 g/mol. The largest absolute Gasteiger partial charge is 0.497 e. The number of methoxy groups -OCH3 is 1. The molecule has 0 spiro atoms. The van der Waals surface area contributed by atoms with Crippen molar-refractivity contribution in [2.24, 2.45) is 0 Å². The van der Waals surface area contributed by atoms with Crippen LogP contribution in [0.15, 0.2) is 59.7 Å². The van der Waals surface area contributed by atoms with Gasteiger partial charge in [0.15, 0.2) is 0 Å². The van der Waals surface area contributed by atoms with Gasteiger partial charge in [0.05, 0.1) is 12.8 Å². The number of nitrogens with zero attached hydrogens (tertiary/aromatic N) is 2. The first-order valence-corrected chi connectivity index (χ1v) is 7.13. The van der Waals surface area contributed by atoms with E-state index in [1.165, 1.54) is 6.07 Å². The van der Waals surface area contributed by atoms with Crippen molar-refractivity contribution in [2.75, 3.05) is 12.4 Å². The average molecular weight is 308 g/mol. The number of nitrogens with one attached hydrogen (secondary N) is 2.